The molecular formula is C10H18N4O3. The van der Waals surface area contributed by atoms with Crippen molar-refractivity contribution in [3.05, 3.63) is 5.82 Å². The summed E-state index contributed by atoms with van der Waals surface area (Å²) < 4.78 is 6.86. The summed E-state index contributed by atoms with van der Waals surface area (Å²) in [6.07, 6.45) is 0.0765. The molecule has 0 saturated heterocycles. The fourth-order valence-corrected chi connectivity index (χ4v) is 1.13. The molecule has 0 aliphatic heterocycles. The predicted molar refractivity (Wildman–Crippen MR) is 59.2 cm³/mol. The van der Waals surface area contributed by atoms with Crippen molar-refractivity contribution < 1.29 is 14.6 Å². The van der Waals surface area contributed by atoms with Gasteiger partial charge in [0, 0.05) is 0 Å². The maximum Gasteiger partial charge on any atom is 0.310 e. The van der Waals surface area contributed by atoms with Crippen LogP contribution < -0.4 is 0 Å². The van der Waals surface area contributed by atoms with E-state index < -0.39 is 11.4 Å². The first-order valence-corrected chi connectivity index (χ1v) is 5.43. The van der Waals surface area contributed by atoms with Crippen LogP contribution in [0.25, 0.3) is 0 Å². The first-order valence-electron chi connectivity index (χ1n) is 5.43. The van der Waals surface area contributed by atoms with Crippen LogP contribution >= 0.6 is 0 Å². The van der Waals surface area contributed by atoms with E-state index in [0.29, 0.717) is 5.82 Å². The summed E-state index contributed by atoms with van der Waals surface area (Å²) in [4.78, 5) is 11.0. The van der Waals surface area contributed by atoms with Crippen molar-refractivity contribution in [1.82, 2.24) is 20.2 Å². The van der Waals surface area contributed by atoms with Crippen LogP contribution in [0.15, 0.2) is 0 Å². The van der Waals surface area contributed by atoms with Gasteiger partial charge in [-0.05, 0) is 38.1 Å². The number of carboxylic acid groups (broad SMARTS) is 1. The Hall–Kier alpha value is -1.50. The molecule has 0 radical (unpaired) electrons. The molecule has 17 heavy (non-hydrogen) atoms. The first kappa shape index (κ1) is 13.6. The fraction of sp³-hybridized carbons (Fsp3) is 0.800. The largest absolute Gasteiger partial charge is 0.481 e. The van der Waals surface area contributed by atoms with Gasteiger partial charge in [-0.1, -0.05) is 0 Å². The van der Waals surface area contributed by atoms with E-state index in [-0.39, 0.29) is 19.3 Å². The summed E-state index contributed by atoms with van der Waals surface area (Å²) in [6, 6.07) is 0. The molecule has 7 nitrogen and oxygen atoms in total. The van der Waals surface area contributed by atoms with Crippen LogP contribution in [0.2, 0.25) is 0 Å². The van der Waals surface area contributed by atoms with E-state index in [9.17, 15) is 4.79 Å². The maximum absolute atomic E-state index is 11.0. The van der Waals surface area contributed by atoms with Gasteiger partial charge in [0.1, 0.15) is 6.61 Å². The SMILES string of the molecule is CC(C)OCc1nnnn1CC(C)(C)C(=O)O. The number of hydrogen-bond donors (Lipinski definition) is 1. The Morgan fingerprint density at radius 3 is 2.71 bits per heavy atom. The highest BCUT2D eigenvalue weighted by Crippen LogP contribution is 2.18. The second-order valence-electron chi connectivity index (χ2n) is 4.80. The summed E-state index contributed by atoms with van der Waals surface area (Å²) in [5.74, 6) is -0.350. The molecule has 0 aromatic carbocycles. The molecular weight excluding hydrogens is 224 g/mol. The average Bonchev–Trinajstić information content (AvgIpc) is 2.61. The minimum Gasteiger partial charge on any atom is -0.481 e. The number of nitrogens with zero attached hydrogens (tertiary/aromatic N) is 4. The summed E-state index contributed by atoms with van der Waals surface area (Å²) in [7, 11) is 0. The minimum absolute atomic E-state index is 0.0765. The molecule has 0 fully saturated rings. The van der Waals surface area contributed by atoms with Crippen LogP contribution in [0.1, 0.15) is 33.5 Å². The number of carbonyl (C=O) groups is 1. The van der Waals surface area contributed by atoms with Crippen LogP contribution in [0.5, 0.6) is 0 Å². The smallest absolute Gasteiger partial charge is 0.310 e. The lowest BCUT2D eigenvalue weighted by atomic mass is 9.94. The molecule has 1 rings (SSSR count). The second-order valence-corrected chi connectivity index (χ2v) is 4.80. The van der Waals surface area contributed by atoms with Crippen molar-refractivity contribution in [1.29, 1.82) is 0 Å². The monoisotopic (exact) mass is 242 g/mol. The van der Waals surface area contributed by atoms with Crippen molar-refractivity contribution in [3.8, 4) is 0 Å². The van der Waals surface area contributed by atoms with Gasteiger partial charge in [-0.2, -0.15) is 0 Å². The third-order valence-electron chi connectivity index (χ3n) is 2.28. The quantitative estimate of drug-likeness (QED) is 0.790. The zero-order valence-corrected chi connectivity index (χ0v) is 10.5. The molecule has 1 N–H and O–H groups in total. The van der Waals surface area contributed by atoms with Crippen molar-refractivity contribution in [2.45, 2.75) is 47.0 Å². The first-order chi connectivity index (χ1) is 7.83. The fourth-order valence-electron chi connectivity index (χ4n) is 1.13. The molecule has 0 aliphatic carbocycles. The molecule has 0 aliphatic rings. The summed E-state index contributed by atoms with van der Waals surface area (Å²) in [5, 5.41) is 20.2. The van der Waals surface area contributed by atoms with Crippen LogP contribution in [0, 0.1) is 5.41 Å². The number of hydrogen-bond acceptors (Lipinski definition) is 5. The molecule has 1 aromatic heterocycles. The van der Waals surface area contributed by atoms with E-state index in [1.165, 1.54) is 4.68 Å². The molecule has 0 bridgehead atoms. The summed E-state index contributed by atoms with van der Waals surface area (Å²) >= 11 is 0. The Kier molecular flexibility index (Phi) is 4.17. The van der Waals surface area contributed by atoms with Crippen LogP contribution in [0.3, 0.4) is 0 Å². The van der Waals surface area contributed by atoms with E-state index in [2.05, 4.69) is 15.5 Å². The molecule has 7 heteroatoms. The van der Waals surface area contributed by atoms with Crippen LogP contribution in [-0.2, 0) is 22.7 Å². The van der Waals surface area contributed by atoms with Crippen molar-refractivity contribution in [2.75, 3.05) is 0 Å². The third kappa shape index (κ3) is 3.77. The molecule has 0 atom stereocenters. The van der Waals surface area contributed by atoms with Gasteiger partial charge in [0.25, 0.3) is 0 Å². The number of aromatic nitrogens is 4. The lowest BCUT2D eigenvalue weighted by molar-refractivity contribution is -0.147. The Balaban J connectivity index is 2.72. The second kappa shape index (κ2) is 5.22. The van der Waals surface area contributed by atoms with Crippen LogP contribution in [0.4, 0.5) is 0 Å². The summed E-state index contributed by atoms with van der Waals surface area (Å²) in [6.45, 7) is 7.57. The third-order valence-corrected chi connectivity index (χ3v) is 2.28. The van der Waals surface area contributed by atoms with Gasteiger partial charge in [-0.15, -0.1) is 5.10 Å². The molecule has 0 saturated carbocycles. The molecule has 0 spiro atoms. The highest BCUT2D eigenvalue weighted by atomic mass is 16.5. The zero-order chi connectivity index (χ0) is 13.1. The Morgan fingerprint density at radius 2 is 2.18 bits per heavy atom. The van der Waals surface area contributed by atoms with Crippen molar-refractivity contribution >= 4 is 5.97 Å². The normalized spacial score (nSPS) is 12.1. The lowest BCUT2D eigenvalue weighted by Crippen LogP contribution is -2.30. The van der Waals surface area contributed by atoms with E-state index in [1.807, 2.05) is 13.8 Å². The molecule has 1 aromatic rings. The van der Waals surface area contributed by atoms with Gasteiger partial charge in [-0.3, -0.25) is 4.79 Å². The topological polar surface area (TPSA) is 90.1 Å². The molecule has 0 unspecified atom stereocenters. The van der Waals surface area contributed by atoms with Gasteiger partial charge in [0.05, 0.1) is 18.1 Å². The van der Waals surface area contributed by atoms with Gasteiger partial charge >= 0.3 is 5.97 Å². The average molecular weight is 242 g/mol. The number of carboxylic acids is 1. The maximum atomic E-state index is 11.0. The lowest BCUT2D eigenvalue weighted by Gasteiger charge is -2.19. The van der Waals surface area contributed by atoms with Crippen molar-refractivity contribution in [3.63, 3.8) is 0 Å². The van der Waals surface area contributed by atoms with E-state index in [0.717, 1.165) is 0 Å². The predicted octanol–water partition coefficient (Wildman–Crippen LogP) is 0.709. The highest BCUT2D eigenvalue weighted by molar-refractivity contribution is 5.73. The molecule has 96 valence electrons. The Labute approximate surface area is 99.8 Å². The van der Waals surface area contributed by atoms with E-state index >= 15 is 0 Å². The van der Waals surface area contributed by atoms with Gasteiger partial charge < -0.3 is 9.84 Å². The number of tetrazole rings is 1. The van der Waals surface area contributed by atoms with Gasteiger partial charge in [0.2, 0.25) is 0 Å². The molecule has 0 amide bonds. The standard InChI is InChI=1S/C10H18N4O3/c1-7(2)17-5-8-11-12-13-14(8)6-10(3,4)9(15)16/h7H,5-6H2,1-4H3,(H,15,16). The highest BCUT2D eigenvalue weighted by Gasteiger charge is 2.29. The van der Waals surface area contributed by atoms with Gasteiger partial charge in [-0.25, -0.2) is 4.68 Å². The number of aliphatic carboxylic acids is 1. The number of ether oxygens (including phenoxy) is 1. The summed E-state index contributed by atoms with van der Waals surface area (Å²) in [5.41, 5.74) is -0.915. The number of rotatable bonds is 6. The minimum atomic E-state index is -0.915. The Morgan fingerprint density at radius 1 is 1.53 bits per heavy atom. The van der Waals surface area contributed by atoms with E-state index in [4.69, 9.17) is 9.84 Å². The van der Waals surface area contributed by atoms with Gasteiger partial charge in [0.15, 0.2) is 5.82 Å². The van der Waals surface area contributed by atoms with E-state index in [1.54, 1.807) is 13.8 Å². The zero-order valence-electron chi connectivity index (χ0n) is 10.5. The molecule has 1 heterocycles. The van der Waals surface area contributed by atoms with Crippen LogP contribution in [-0.4, -0.2) is 37.4 Å². The Bertz CT molecular complexity index is 387. The van der Waals surface area contributed by atoms with Crippen molar-refractivity contribution in [2.24, 2.45) is 5.41 Å².